The van der Waals surface area contributed by atoms with E-state index in [1.54, 1.807) is 0 Å². The molecule has 0 saturated carbocycles. The van der Waals surface area contributed by atoms with Gasteiger partial charge in [-0.05, 0) is 12.3 Å². The molecule has 0 spiro atoms. The van der Waals surface area contributed by atoms with Gasteiger partial charge in [0.05, 0.1) is 6.33 Å². The molecule has 94 valence electrons. The summed E-state index contributed by atoms with van der Waals surface area (Å²) in [4.78, 5) is 18.2. The minimum atomic E-state index is -0.196. The summed E-state index contributed by atoms with van der Waals surface area (Å²) in [5.41, 5.74) is 0.751. The Kier molecular flexibility index (Phi) is 3.63. The van der Waals surface area contributed by atoms with Crippen molar-refractivity contribution in [1.82, 2.24) is 9.97 Å². The number of hydrogen-bond donors (Lipinski definition) is 2. The lowest BCUT2D eigenvalue weighted by molar-refractivity contribution is 0.607. The fourth-order valence-corrected chi connectivity index (χ4v) is 2.65. The molecular formula is C12H14N4OS. The average molecular weight is 262 g/mol. The Hall–Kier alpha value is -1.87. The third kappa shape index (κ3) is 2.36. The van der Waals surface area contributed by atoms with Crippen molar-refractivity contribution in [2.75, 3.05) is 11.9 Å². The zero-order chi connectivity index (χ0) is 13.1. The number of hydrogen-bond acceptors (Lipinski definition) is 5. The first-order valence-corrected chi connectivity index (χ1v) is 6.59. The van der Waals surface area contributed by atoms with Gasteiger partial charge in [-0.3, -0.25) is 4.79 Å². The van der Waals surface area contributed by atoms with Crippen LogP contribution < -0.4 is 10.9 Å². The lowest BCUT2D eigenvalue weighted by Gasteiger charge is -2.06. The second-order valence-electron chi connectivity index (χ2n) is 4.44. The molecule has 0 bridgehead atoms. The topological polar surface area (TPSA) is 81.6 Å². The molecule has 0 aromatic carbocycles. The van der Waals surface area contributed by atoms with Crippen LogP contribution >= 0.6 is 11.3 Å². The highest BCUT2D eigenvalue weighted by molar-refractivity contribution is 7.23. The third-order valence-corrected chi connectivity index (χ3v) is 3.73. The first-order chi connectivity index (χ1) is 8.63. The number of thiophene rings is 1. The number of nitrogens with zero attached hydrogens (tertiary/aromatic N) is 2. The molecule has 0 aliphatic carbocycles. The van der Waals surface area contributed by atoms with Crippen LogP contribution in [0.2, 0.25) is 0 Å². The minimum Gasteiger partial charge on any atom is -0.376 e. The van der Waals surface area contributed by atoms with Gasteiger partial charge in [-0.2, -0.15) is 5.26 Å². The SMILES string of the molecule is CC(C)CCNc1sc2c(=O)[nH]cnc2c1C#N. The lowest BCUT2D eigenvalue weighted by Crippen LogP contribution is -2.04. The summed E-state index contributed by atoms with van der Waals surface area (Å²) in [6.07, 6.45) is 2.35. The molecule has 2 N–H and O–H groups in total. The predicted molar refractivity (Wildman–Crippen MR) is 72.9 cm³/mol. The van der Waals surface area contributed by atoms with E-state index >= 15 is 0 Å². The van der Waals surface area contributed by atoms with E-state index in [4.69, 9.17) is 5.26 Å². The van der Waals surface area contributed by atoms with Crippen molar-refractivity contribution < 1.29 is 0 Å². The molecule has 0 radical (unpaired) electrons. The van der Waals surface area contributed by atoms with Gasteiger partial charge < -0.3 is 10.3 Å². The highest BCUT2D eigenvalue weighted by Gasteiger charge is 2.14. The van der Waals surface area contributed by atoms with Crippen molar-refractivity contribution in [2.24, 2.45) is 5.92 Å². The lowest BCUT2D eigenvalue weighted by atomic mass is 10.1. The summed E-state index contributed by atoms with van der Waals surface area (Å²) in [6, 6.07) is 2.12. The van der Waals surface area contributed by atoms with E-state index in [2.05, 4.69) is 35.2 Å². The van der Waals surface area contributed by atoms with Crippen LogP contribution in [-0.2, 0) is 0 Å². The van der Waals surface area contributed by atoms with Crippen molar-refractivity contribution in [3.8, 4) is 6.07 Å². The molecule has 5 nitrogen and oxygen atoms in total. The highest BCUT2D eigenvalue weighted by Crippen LogP contribution is 2.31. The van der Waals surface area contributed by atoms with E-state index < -0.39 is 0 Å². The third-order valence-electron chi connectivity index (χ3n) is 2.60. The van der Waals surface area contributed by atoms with Crippen LogP contribution in [0.25, 0.3) is 10.2 Å². The Morgan fingerprint density at radius 3 is 3.06 bits per heavy atom. The van der Waals surface area contributed by atoms with Crippen molar-refractivity contribution in [3.63, 3.8) is 0 Å². The highest BCUT2D eigenvalue weighted by atomic mass is 32.1. The summed E-state index contributed by atoms with van der Waals surface area (Å²) in [6.45, 7) is 5.07. The molecule has 2 heterocycles. The predicted octanol–water partition coefficient (Wildman–Crippen LogP) is 2.31. The zero-order valence-electron chi connectivity index (χ0n) is 10.3. The first kappa shape index (κ1) is 12.6. The molecule has 2 aromatic rings. The number of anilines is 1. The van der Waals surface area contributed by atoms with Crippen LogP contribution in [-0.4, -0.2) is 16.5 Å². The van der Waals surface area contributed by atoms with Gasteiger partial charge in [0, 0.05) is 6.54 Å². The normalized spacial score (nSPS) is 10.8. The van der Waals surface area contributed by atoms with Crippen LogP contribution in [0.3, 0.4) is 0 Å². The molecule has 0 amide bonds. The number of aromatic nitrogens is 2. The zero-order valence-corrected chi connectivity index (χ0v) is 11.1. The van der Waals surface area contributed by atoms with Gasteiger partial charge in [-0.25, -0.2) is 4.98 Å². The van der Waals surface area contributed by atoms with Crippen molar-refractivity contribution in [3.05, 3.63) is 22.2 Å². The van der Waals surface area contributed by atoms with Crippen LogP contribution in [0, 0.1) is 17.2 Å². The summed E-state index contributed by atoms with van der Waals surface area (Å²) in [7, 11) is 0. The molecule has 2 rings (SSSR count). The Balaban J connectivity index is 2.36. The molecule has 0 aliphatic heterocycles. The molecule has 2 aromatic heterocycles. The van der Waals surface area contributed by atoms with Gasteiger partial charge in [-0.15, -0.1) is 11.3 Å². The number of nitriles is 1. The van der Waals surface area contributed by atoms with Gasteiger partial charge in [0.25, 0.3) is 5.56 Å². The van der Waals surface area contributed by atoms with Crippen LogP contribution in [0.15, 0.2) is 11.1 Å². The van der Waals surface area contributed by atoms with Gasteiger partial charge in [0.15, 0.2) is 0 Å². The van der Waals surface area contributed by atoms with E-state index in [1.165, 1.54) is 17.7 Å². The van der Waals surface area contributed by atoms with E-state index in [0.717, 1.165) is 18.0 Å². The van der Waals surface area contributed by atoms with Crippen molar-refractivity contribution in [1.29, 1.82) is 5.26 Å². The van der Waals surface area contributed by atoms with Crippen LogP contribution in [0.4, 0.5) is 5.00 Å². The van der Waals surface area contributed by atoms with Crippen LogP contribution in [0.5, 0.6) is 0 Å². The number of fused-ring (bicyclic) bond motifs is 1. The van der Waals surface area contributed by atoms with Gasteiger partial charge in [0.2, 0.25) is 0 Å². The Morgan fingerprint density at radius 1 is 1.61 bits per heavy atom. The quantitative estimate of drug-likeness (QED) is 0.886. The van der Waals surface area contributed by atoms with Crippen molar-refractivity contribution in [2.45, 2.75) is 20.3 Å². The first-order valence-electron chi connectivity index (χ1n) is 5.77. The summed E-state index contributed by atoms with van der Waals surface area (Å²) < 4.78 is 0.501. The van der Waals surface area contributed by atoms with Gasteiger partial charge >= 0.3 is 0 Å². The maximum absolute atomic E-state index is 11.6. The van der Waals surface area contributed by atoms with Crippen LogP contribution in [0.1, 0.15) is 25.8 Å². The van der Waals surface area contributed by atoms with E-state index in [9.17, 15) is 4.79 Å². The molecule has 18 heavy (non-hydrogen) atoms. The molecule has 0 aliphatic rings. The van der Waals surface area contributed by atoms with E-state index in [-0.39, 0.29) is 5.56 Å². The van der Waals surface area contributed by atoms with E-state index in [1.807, 2.05) is 0 Å². The molecule has 6 heteroatoms. The molecule has 0 unspecified atom stereocenters. The fourth-order valence-electron chi connectivity index (χ4n) is 1.62. The average Bonchev–Trinajstić information content (AvgIpc) is 2.68. The minimum absolute atomic E-state index is 0.196. The number of H-pyrrole nitrogens is 1. The fraction of sp³-hybridized carbons (Fsp3) is 0.417. The summed E-state index contributed by atoms with van der Waals surface area (Å²) in [5.74, 6) is 0.596. The van der Waals surface area contributed by atoms with Gasteiger partial charge in [-0.1, -0.05) is 13.8 Å². The number of rotatable bonds is 4. The molecule has 0 fully saturated rings. The smallest absolute Gasteiger partial charge is 0.268 e. The number of aromatic amines is 1. The Labute approximate surface area is 108 Å². The number of nitrogens with one attached hydrogen (secondary N) is 2. The Morgan fingerprint density at radius 2 is 2.39 bits per heavy atom. The molecule has 0 saturated heterocycles. The standard InChI is InChI=1S/C12H14N4OS/c1-7(2)3-4-14-12-8(5-13)9-10(18-12)11(17)16-6-15-9/h6-7,14H,3-4H2,1-2H3,(H,15,16,17). The summed E-state index contributed by atoms with van der Waals surface area (Å²) in [5, 5.41) is 13.1. The second kappa shape index (κ2) is 5.19. The molecular weight excluding hydrogens is 248 g/mol. The second-order valence-corrected chi connectivity index (χ2v) is 5.46. The Bertz CT molecular complexity index is 650. The largest absolute Gasteiger partial charge is 0.376 e. The maximum atomic E-state index is 11.6. The monoisotopic (exact) mass is 262 g/mol. The van der Waals surface area contributed by atoms with Crippen molar-refractivity contribution >= 4 is 26.6 Å². The molecule has 0 atom stereocenters. The van der Waals surface area contributed by atoms with Gasteiger partial charge in [0.1, 0.15) is 26.9 Å². The summed E-state index contributed by atoms with van der Waals surface area (Å²) >= 11 is 1.29. The maximum Gasteiger partial charge on any atom is 0.268 e. The van der Waals surface area contributed by atoms with E-state index in [0.29, 0.717) is 21.7 Å².